The van der Waals surface area contributed by atoms with Crippen LogP contribution in [-0.2, 0) is 0 Å². The molecule has 0 radical (unpaired) electrons. The van der Waals surface area contributed by atoms with Crippen molar-refractivity contribution in [3.63, 3.8) is 0 Å². The summed E-state index contributed by atoms with van der Waals surface area (Å²) in [5.74, 6) is -0.751. The van der Waals surface area contributed by atoms with Crippen molar-refractivity contribution in [1.29, 1.82) is 0 Å². The number of carbonyl (C=O) groups is 2. The molecule has 0 bridgehead atoms. The average Bonchev–Trinajstić information content (AvgIpc) is 2.47. The number of hydrogen-bond donors (Lipinski definition) is 2. The number of aromatic carboxylic acids is 1. The molecule has 2 N–H and O–H groups in total. The fourth-order valence-corrected chi connectivity index (χ4v) is 2.28. The molecule has 2 aromatic rings. The maximum absolute atomic E-state index is 12.1. The molecule has 0 unspecified atom stereocenters. The van der Waals surface area contributed by atoms with Crippen molar-refractivity contribution >= 4 is 33.5 Å². The molecule has 2 rings (SSSR count). The number of ether oxygens (including phenoxy) is 1. The Morgan fingerprint density at radius 1 is 1.14 bits per heavy atom. The minimum atomic E-state index is -1.04. The maximum Gasteiger partial charge on any atom is 0.335 e. The highest BCUT2D eigenvalue weighted by Crippen LogP contribution is 2.26. The number of methoxy groups -OCH3 is 1. The van der Waals surface area contributed by atoms with Gasteiger partial charge in [0.05, 0.1) is 17.1 Å². The Morgan fingerprint density at radius 3 is 2.52 bits per heavy atom. The SMILES string of the molecule is COc1ccc(C(=O)Nc2cccc(C(=O)O)c2)cc1Br. The van der Waals surface area contributed by atoms with Gasteiger partial charge < -0.3 is 15.2 Å². The third-order valence-corrected chi connectivity index (χ3v) is 3.40. The van der Waals surface area contributed by atoms with E-state index >= 15 is 0 Å². The van der Waals surface area contributed by atoms with Crippen molar-refractivity contribution in [3.05, 3.63) is 58.1 Å². The van der Waals surface area contributed by atoms with Crippen LogP contribution in [0.4, 0.5) is 5.69 Å². The summed E-state index contributed by atoms with van der Waals surface area (Å²) in [5.41, 5.74) is 0.971. The minimum absolute atomic E-state index is 0.115. The second-order valence-electron chi connectivity index (χ2n) is 4.19. The van der Waals surface area contributed by atoms with Crippen molar-refractivity contribution in [2.45, 2.75) is 0 Å². The lowest BCUT2D eigenvalue weighted by Crippen LogP contribution is -2.12. The molecule has 0 aliphatic carbocycles. The first kappa shape index (κ1) is 15.1. The predicted octanol–water partition coefficient (Wildman–Crippen LogP) is 3.41. The molecule has 0 aromatic heterocycles. The molecule has 0 spiro atoms. The Morgan fingerprint density at radius 2 is 1.90 bits per heavy atom. The van der Waals surface area contributed by atoms with E-state index in [0.717, 1.165) is 0 Å². The first-order valence-corrected chi connectivity index (χ1v) is 6.79. The smallest absolute Gasteiger partial charge is 0.335 e. The summed E-state index contributed by atoms with van der Waals surface area (Å²) in [7, 11) is 1.54. The molecule has 5 nitrogen and oxygen atoms in total. The van der Waals surface area contributed by atoms with Crippen LogP contribution in [0, 0.1) is 0 Å². The molecule has 0 aliphatic rings. The number of hydrogen-bond acceptors (Lipinski definition) is 3. The highest BCUT2D eigenvalue weighted by molar-refractivity contribution is 9.10. The summed E-state index contributed by atoms with van der Waals surface area (Å²) in [6.45, 7) is 0. The molecule has 108 valence electrons. The van der Waals surface area contributed by atoms with Crippen molar-refractivity contribution in [1.82, 2.24) is 0 Å². The molecule has 2 aromatic carbocycles. The van der Waals surface area contributed by atoms with E-state index in [4.69, 9.17) is 9.84 Å². The van der Waals surface area contributed by atoms with E-state index in [2.05, 4.69) is 21.2 Å². The van der Waals surface area contributed by atoms with Gasteiger partial charge in [-0.25, -0.2) is 4.79 Å². The van der Waals surface area contributed by atoms with E-state index < -0.39 is 5.97 Å². The zero-order valence-corrected chi connectivity index (χ0v) is 12.7. The lowest BCUT2D eigenvalue weighted by Gasteiger charge is -2.08. The molecule has 6 heteroatoms. The van der Waals surface area contributed by atoms with Crippen LogP contribution in [0.2, 0.25) is 0 Å². The van der Waals surface area contributed by atoms with Gasteiger partial charge >= 0.3 is 5.97 Å². The summed E-state index contributed by atoms with van der Waals surface area (Å²) in [5, 5.41) is 11.6. The van der Waals surface area contributed by atoms with Crippen molar-refractivity contribution in [2.24, 2.45) is 0 Å². The predicted molar refractivity (Wildman–Crippen MR) is 82.0 cm³/mol. The van der Waals surface area contributed by atoms with E-state index in [-0.39, 0.29) is 11.5 Å². The van der Waals surface area contributed by atoms with Crippen LogP contribution < -0.4 is 10.1 Å². The number of carboxylic acids is 1. The van der Waals surface area contributed by atoms with Gasteiger partial charge in [0.25, 0.3) is 5.91 Å². The van der Waals surface area contributed by atoms with Crippen LogP contribution in [-0.4, -0.2) is 24.1 Å². The monoisotopic (exact) mass is 349 g/mol. The van der Waals surface area contributed by atoms with Crippen molar-refractivity contribution in [2.75, 3.05) is 12.4 Å². The van der Waals surface area contributed by atoms with Crippen LogP contribution in [0.3, 0.4) is 0 Å². The van der Waals surface area contributed by atoms with Crippen LogP contribution in [0.15, 0.2) is 46.9 Å². The van der Waals surface area contributed by atoms with E-state index in [1.165, 1.54) is 19.2 Å². The van der Waals surface area contributed by atoms with Gasteiger partial charge in [0.2, 0.25) is 0 Å². The van der Waals surface area contributed by atoms with Gasteiger partial charge in [-0.1, -0.05) is 6.07 Å². The summed E-state index contributed by atoms with van der Waals surface area (Å²) in [4.78, 5) is 23.0. The molecule has 21 heavy (non-hydrogen) atoms. The zero-order chi connectivity index (χ0) is 15.4. The third kappa shape index (κ3) is 3.61. The number of nitrogens with one attached hydrogen (secondary N) is 1. The topological polar surface area (TPSA) is 75.6 Å². The summed E-state index contributed by atoms with van der Waals surface area (Å²) < 4.78 is 5.76. The van der Waals surface area contributed by atoms with Gasteiger partial charge in [-0.05, 0) is 52.3 Å². The fraction of sp³-hybridized carbons (Fsp3) is 0.0667. The van der Waals surface area contributed by atoms with Gasteiger partial charge in [-0.2, -0.15) is 0 Å². The van der Waals surface area contributed by atoms with E-state index in [9.17, 15) is 9.59 Å². The number of amides is 1. The summed E-state index contributed by atoms with van der Waals surface area (Å²) in [6.07, 6.45) is 0. The number of rotatable bonds is 4. The molecule has 0 saturated carbocycles. The average molecular weight is 350 g/mol. The highest BCUT2D eigenvalue weighted by Gasteiger charge is 2.10. The first-order chi connectivity index (χ1) is 10.0. The Kier molecular flexibility index (Phi) is 4.59. The number of anilines is 1. The Bertz CT molecular complexity index is 700. The number of carboxylic acid groups (broad SMARTS) is 1. The standard InChI is InChI=1S/C15H12BrNO4/c1-21-13-6-5-9(8-12(13)16)14(18)17-11-4-2-3-10(7-11)15(19)20/h2-8H,1H3,(H,17,18)(H,19,20). The van der Waals surface area contributed by atoms with Crippen molar-refractivity contribution < 1.29 is 19.4 Å². The van der Waals surface area contributed by atoms with Crippen molar-refractivity contribution in [3.8, 4) is 5.75 Å². The summed E-state index contributed by atoms with van der Waals surface area (Å²) >= 11 is 3.31. The molecular formula is C15H12BrNO4. The van der Waals surface area contributed by atoms with Crippen LogP contribution in [0.1, 0.15) is 20.7 Å². The molecule has 1 amide bonds. The zero-order valence-electron chi connectivity index (χ0n) is 11.1. The molecule has 0 atom stereocenters. The largest absolute Gasteiger partial charge is 0.496 e. The van der Waals surface area contributed by atoms with Gasteiger partial charge in [-0.15, -0.1) is 0 Å². The Hall–Kier alpha value is -2.34. The van der Waals surface area contributed by atoms with E-state index in [0.29, 0.717) is 21.5 Å². The molecule has 0 aliphatic heterocycles. The summed E-state index contributed by atoms with van der Waals surface area (Å²) in [6, 6.07) is 11.0. The minimum Gasteiger partial charge on any atom is -0.496 e. The van der Waals surface area contributed by atoms with Gasteiger partial charge in [-0.3, -0.25) is 4.79 Å². The first-order valence-electron chi connectivity index (χ1n) is 5.99. The second-order valence-corrected chi connectivity index (χ2v) is 5.04. The molecular weight excluding hydrogens is 338 g/mol. The number of halogens is 1. The lowest BCUT2D eigenvalue weighted by atomic mass is 10.1. The highest BCUT2D eigenvalue weighted by atomic mass is 79.9. The number of benzene rings is 2. The quantitative estimate of drug-likeness (QED) is 0.886. The molecule has 0 saturated heterocycles. The Balaban J connectivity index is 2.20. The fourth-order valence-electron chi connectivity index (χ4n) is 1.74. The van der Waals surface area contributed by atoms with Crippen LogP contribution in [0.5, 0.6) is 5.75 Å². The maximum atomic E-state index is 12.1. The molecule has 0 heterocycles. The van der Waals surface area contributed by atoms with Gasteiger partial charge in [0.1, 0.15) is 5.75 Å². The van der Waals surface area contributed by atoms with Crippen LogP contribution >= 0.6 is 15.9 Å². The lowest BCUT2D eigenvalue weighted by molar-refractivity contribution is 0.0696. The van der Waals surface area contributed by atoms with Gasteiger partial charge in [0, 0.05) is 11.3 Å². The third-order valence-electron chi connectivity index (χ3n) is 2.78. The van der Waals surface area contributed by atoms with Crippen LogP contribution in [0.25, 0.3) is 0 Å². The number of carbonyl (C=O) groups excluding carboxylic acids is 1. The second kappa shape index (κ2) is 6.41. The van der Waals surface area contributed by atoms with E-state index in [1.807, 2.05) is 0 Å². The normalized spacial score (nSPS) is 10.0. The van der Waals surface area contributed by atoms with E-state index in [1.54, 1.807) is 30.3 Å². The van der Waals surface area contributed by atoms with Gasteiger partial charge in [0.15, 0.2) is 0 Å². The Labute approximate surface area is 129 Å². The molecule has 0 fully saturated rings.